The van der Waals surface area contributed by atoms with Crippen LogP contribution in [0.2, 0.25) is 0 Å². The Bertz CT molecular complexity index is 1360. The molecule has 1 aromatic carbocycles. The molecule has 2 heterocycles. The number of aromatic amines is 1. The third-order valence-electron chi connectivity index (χ3n) is 5.16. The van der Waals surface area contributed by atoms with Crippen molar-refractivity contribution in [3.63, 3.8) is 0 Å². The first-order chi connectivity index (χ1) is 15.9. The Labute approximate surface area is 197 Å². The van der Waals surface area contributed by atoms with Crippen LogP contribution in [0.15, 0.2) is 39.9 Å². The third-order valence-corrected chi connectivity index (χ3v) is 5.16. The van der Waals surface area contributed by atoms with E-state index in [1.54, 1.807) is 30.3 Å². The predicted molar refractivity (Wildman–Crippen MR) is 133 cm³/mol. The number of pyridine rings is 1. The Hall–Kier alpha value is -3.75. The first kappa shape index (κ1) is 24.9. The molecule has 3 rings (SSSR count). The Morgan fingerprint density at radius 2 is 1.76 bits per heavy atom. The van der Waals surface area contributed by atoms with E-state index in [1.165, 1.54) is 4.57 Å². The standard InChI is InChI=1S/C25H31N5O4/c1-7-12-30-20-19(23(33)28-24(30)34)16(13-18(26-20)14(2)3)21(31)27-17-11-9-8-10-15(17)22(32)29-25(4,5)6/h8-11,13-14H,7,12H2,1-6H3,(H,27,31)(H,29,32)(H,28,33,34). The van der Waals surface area contributed by atoms with Crippen LogP contribution < -0.4 is 21.9 Å². The van der Waals surface area contributed by atoms with Crippen LogP contribution in [0, 0.1) is 0 Å². The highest BCUT2D eigenvalue weighted by Gasteiger charge is 2.23. The van der Waals surface area contributed by atoms with Gasteiger partial charge in [0.1, 0.15) is 0 Å². The highest BCUT2D eigenvalue weighted by atomic mass is 16.2. The number of fused-ring (bicyclic) bond motifs is 1. The lowest BCUT2D eigenvalue weighted by Gasteiger charge is -2.21. The maximum Gasteiger partial charge on any atom is 0.329 e. The SMILES string of the molecule is CCCn1c(=O)[nH]c(=O)c2c(C(=O)Nc3ccccc3C(=O)NC(C)(C)C)cc(C(C)C)nc21. The number of nitrogens with zero attached hydrogens (tertiary/aromatic N) is 2. The molecule has 3 N–H and O–H groups in total. The Morgan fingerprint density at radius 3 is 2.38 bits per heavy atom. The van der Waals surface area contributed by atoms with Crippen LogP contribution in [0.25, 0.3) is 11.0 Å². The number of amides is 2. The predicted octanol–water partition coefficient (Wildman–Crippen LogP) is 3.40. The first-order valence-corrected chi connectivity index (χ1v) is 11.3. The van der Waals surface area contributed by atoms with E-state index in [2.05, 4.69) is 20.6 Å². The van der Waals surface area contributed by atoms with Gasteiger partial charge in [0, 0.05) is 17.8 Å². The lowest BCUT2D eigenvalue weighted by Crippen LogP contribution is -2.40. The smallest absolute Gasteiger partial charge is 0.329 e. The average molecular weight is 466 g/mol. The van der Waals surface area contributed by atoms with Crippen LogP contribution in [0.4, 0.5) is 5.69 Å². The summed E-state index contributed by atoms with van der Waals surface area (Å²) in [6.07, 6.45) is 0.645. The van der Waals surface area contributed by atoms with Gasteiger partial charge in [-0.05, 0) is 51.3 Å². The van der Waals surface area contributed by atoms with Gasteiger partial charge < -0.3 is 10.6 Å². The van der Waals surface area contributed by atoms with Crippen molar-refractivity contribution < 1.29 is 9.59 Å². The van der Waals surface area contributed by atoms with Gasteiger partial charge >= 0.3 is 5.69 Å². The number of rotatable bonds is 6. The van der Waals surface area contributed by atoms with Gasteiger partial charge in [-0.2, -0.15) is 0 Å². The summed E-state index contributed by atoms with van der Waals surface area (Å²) in [6.45, 7) is 11.7. The second kappa shape index (κ2) is 9.62. The fourth-order valence-corrected chi connectivity index (χ4v) is 3.59. The van der Waals surface area contributed by atoms with Crippen molar-refractivity contribution in [2.45, 2.75) is 66.0 Å². The molecule has 0 atom stereocenters. The molecule has 34 heavy (non-hydrogen) atoms. The van der Waals surface area contributed by atoms with Crippen LogP contribution in [0.1, 0.15) is 80.3 Å². The maximum absolute atomic E-state index is 13.5. The molecular formula is C25H31N5O4. The first-order valence-electron chi connectivity index (χ1n) is 11.3. The van der Waals surface area contributed by atoms with Gasteiger partial charge in [-0.3, -0.25) is 23.9 Å². The van der Waals surface area contributed by atoms with Crippen molar-refractivity contribution >= 4 is 28.5 Å². The van der Waals surface area contributed by atoms with Crippen molar-refractivity contribution in [3.05, 3.63) is 68.0 Å². The number of hydrogen-bond acceptors (Lipinski definition) is 5. The summed E-state index contributed by atoms with van der Waals surface area (Å²) in [7, 11) is 0. The minimum Gasteiger partial charge on any atom is -0.347 e. The average Bonchev–Trinajstić information content (AvgIpc) is 2.74. The fourth-order valence-electron chi connectivity index (χ4n) is 3.59. The summed E-state index contributed by atoms with van der Waals surface area (Å²) in [5.74, 6) is -0.955. The molecule has 0 aliphatic rings. The number of carbonyl (C=O) groups is 2. The molecule has 0 bridgehead atoms. The minimum absolute atomic E-state index is 0.0339. The summed E-state index contributed by atoms with van der Waals surface area (Å²) >= 11 is 0. The molecule has 0 saturated heterocycles. The number of aromatic nitrogens is 3. The van der Waals surface area contributed by atoms with Crippen LogP contribution in [0.5, 0.6) is 0 Å². The van der Waals surface area contributed by atoms with Crippen LogP contribution in [-0.4, -0.2) is 31.9 Å². The van der Waals surface area contributed by atoms with Crippen LogP contribution in [0.3, 0.4) is 0 Å². The molecule has 0 unspecified atom stereocenters. The Balaban J connectivity index is 2.16. The third kappa shape index (κ3) is 5.24. The molecule has 0 fully saturated rings. The number of aryl methyl sites for hydroxylation is 1. The van der Waals surface area contributed by atoms with Gasteiger partial charge in [-0.15, -0.1) is 0 Å². The molecule has 0 spiro atoms. The summed E-state index contributed by atoms with van der Waals surface area (Å²) in [6, 6.07) is 8.22. The molecule has 0 aliphatic heterocycles. The quantitative estimate of drug-likeness (QED) is 0.514. The van der Waals surface area contributed by atoms with Crippen LogP contribution >= 0.6 is 0 Å². The van der Waals surface area contributed by atoms with E-state index in [-0.39, 0.29) is 28.4 Å². The van der Waals surface area contributed by atoms with Crippen LogP contribution in [-0.2, 0) is 6.54 Å². The molecule has 0 aliphatic carbocycles. The van der Waals surface area contributed by atoms with E-state index < -0.39 is 22.7 Å². The second-order valence-corrected chi connectivity index (χ2v) is 9.56. The lowest BCUT2D eigenvalue weighted by atomic mass is 10.0. The molecule has 0 saturated carbocycles. The minimum atomic E-state index is -0.681. The fraction of sp³-hybridized carbons (Fsp3) is 0.400. The van der Waals surface area contributed by atoms with E-state index in [1.807, 2.05) is 41.5 Å². The summed E-state index contributed by atoms with van der Waals surface area (Å²) in [5.41, 5.74) is -0.267. The normalized spacial score (nSPS) is 11.6. The zero-order valence-corrected chi connectivity index (χ0v) is 20.4. The van der Waals surface area contributed by atoms with E-state index >= 15 is 0 Å². The molecule has 2 amide bonds. The molecule has 9 heteroatoms. The molecule has 9 nitrogen and oxygen atoms in total. The molecule has 3 aromatic rings. The number of para-hydroxylation sites is 1. The summed E-state index contributed by atoms with van der Waals surface area (Å²) < 4.78 is 1.38. The number of hydrogen-bond donors (Lipinski definition) is 3. The molecule has 0 radical (unpaired) electrons. The van der Waals surface area contributed by atoms with Gasteiger partial charge in [0.15, 0.2) is 5.65 Å². The topological polar surface area (TPSA) is 126 Å². The van der Waals surface area contributed by atoms with E-state index in [4.69, 9.17) is 0 Å². The van der Waals surface area contributed by atoms with E-state index in [9.17, 15) is 19.2 Å². The highest BCUT2D eigenvalue weighted by molar-refractivity contribution is 6.14. The maximum atomic E-state index is 13.5. The van der Waals surface area contributed by atoms with Crippen molar-refractivity contribution in [2.75, 3.05) is 5.32 Å². The Morgan fingerprint density at radius 1 is 1.09 bits per heavy atom. The number of anilines is 1. The molecule has 2 aromatic heterocycles. The van der Waals surface area contributed by atoms with Gasteiger partial charge in [-0.1, -0.05) is 32.9 Å². The van der Waals surface area contributed by atoms with Crippen molar-refractivity contribution in [2.24, 2.45) is 0 Å². The van der Waals surface area contributed by atoms with Gasteiger partial charge in [-0.25, -0.2) is 9.78 Å². The number of carbonyl (C=O) groups excluding carboxylic acids is 2. The lowest BCUT2D eigenvalue weighted by molar-refractivity contribution is 0.0920. The molecule has 180 valence electrons. The van der Waals surface area contributed by atoms with E-state index in [0.717, 1.165) is 0 Å². The van der Waals surface area contributed by atoms with Gasteiger partial charge in [0.25, 0.3) is 17.4 Å². The molecular weight excluding hydrogens is 434 g/mol. The number of benzene rings is 1. The Kier molecular flexibility index (Phi) is 7.04. The summed E-state index contributed by atoms with van der Waals surface area (Å²) in [4.78, 5) is 58.4. The van der Waals surface area contributed by atoms with Gasteiger partial charge in [0.05, 0.1) is 22.2 Å². The zero-order valence-electron chi connectivity index (χ0n) is 20.4. The van der Waals surface area contributed by atoms with Gasteiger partial charge in [0.2, 0.25) is 0 Å². The van der Waals surface area contributed by atoms with Crippen molar-refractivity contribution in [1.29, 1.82) is 0 Å². The number of H-pyrrole nitrogens is 1. The highest BCUT2D eigenvalue weighted by Crippen LogP contribution is 2.23. The van der Waals surface area contributed by atoms with E-state index in [0.29, 0.717) is 29.9 Å². The van der Waals surface area contributed by atoms with Crippen molar-refractivity contribution in [3.8, 4) is 0 Å². The summed E-state index contributed by atoms with van der Waals surface area (Å²) in [5, 5.41) is 5.70. The number of nitrogens with one attached hydrogen (secondary N) is 3. The largest absolute Gasteiger partial charge is 0.347 e. The zero-order chi connectivity index (χ0) is 25.2. The van der Waals surface area contributed by atoms with Crippen molar-refractivity contribution in [1.82, 2.24) is 19.9 Å². The second-order valence-electron chi connectivity index (χ2n) is 9.56. The monoisotopic (exact) mass is 465 g/mol.